The Labute approximate surface area is 108 Å². The number of rotatable bonds is 8. The Morgan fingerprint density at radius 2 is 2.18 bits per heavy atom. The number of piperidine rings is 1. The first-order valence-corrected chi connectivity index (χ1v) is 7.51. The molecule has 4 nitrogen and oxygen atoms in total. The lowest BCUT2D eigenvalue weighted by Crippen LogP contribution is -2.38. The summed E-state index contributed by atoms with van der Waals surface area (Å²) in [5.41, 5.74) is 0. The molecule has 17 heavy (non-hydrogen) atoms. The van der Waals surface area contributed by atoms with E-state index in [-0.39, 0.29) is 12.7 Å². The van der Waals surface area contributed by atoms with E-state index in [4.69, 9.17) is 9.84 Å². The Kier molecular flexibility index (Phi) is 7.64. The van der Waals surface area contributed by atoms with Gasteiger partial charge in [0.25, 0.3) is 0 Å². The highest BCUT2D eigenvalue weighted by Gasteiger charge is 2.19. The molecule has 1 saturated heterocycles. The molecule has 100 valence electrons. The molecule has 0 unspecified atom stereocenters. The zero-order chi connectivity index (χ0) is 12.5. The van der Waals surface area contributed by atoms with Crippen LogP contribution >= 0.6 is 11.8 Å². The minimum Gasteiger partial charge on any atom is -0.480 e. The van der Waals surface area contributed by atoms with Crippen LogP contribution in [0, 0.1) is 0 Å². The molecule has 0 bridgehead atoms. The summed E-state index contributed by atoms with van der Waals surface area (Å²) < 4.78 is 5.31. The molecule has 5 heteroatoms. The second-order valence-electron chi connectivity index (χ2n) is 4.30. The number of hydrogen-bond donors (Lipinski definition) is 1. The largest absolute Gasteiger partial charge is 0.480 e. The molecule has 0 radical (unpaired) electrons. The van der Waals surface area contributed by atoms with E-state index in [1.807, 2.05) is 11.8 Å². The third-order valence-corrected chi connectivity index (χ3v) is 3.93. The maximum atomic E-state index is 10.4. The molecular formula is C12H23NO3S. The van der Waals surface area contributed by atoms with Crippen LogP contribution in [-0.4, -0.2) is 59.8 Å². The molecule has 0 aromatic heterocycles. The van der Waals surface area contributed by atoms with Gasteiger partial charge in [-0.2, -0.15) is 11.8 Å². The zero-order valence-corrected chi connectivity index (χ0v) is 11.4. The smallest absolute Gasteiger partial charge is 0.329 e. The number of likely N-dealkylation sites (tertiary alicyclic amines) is 1. The van der Waals surface area contributed by atoms with Crippen molar-refractivity contribution in [3.63, 3.8) is 0 Å². The first-order chi connectivity index (χ1) is 8.22. The summed E-state index contributed by atoms with van der Waals surface area (Å²) in [5, 5.41) is 8.53. The molecule has 0 amide bonds. The van der Waals surface area contributed by atoms with Gasteiger partial charge in [-0.05, 0) is 37.3 Å². The maximum absolute atomic E-state index is 10.4. The number of carboxylic acid groups (broad SMARTS) is 1. The van der Waals surface area contributed by atoms with Gasteiger partial charge in [-0.3, -0.25) is 0 Å². The van der Waals surface area contributed by atoms with Gasteiger partial charge in [0.1, 0.15) is 6.61 Å². The lowest BCUT2D eigenvalue weighted by Gasteiger charge is -2.31. The predicted octanol–water partition coefficient (Wildman–Crippen LogP) is 1.70. The van der Waals surface area contributed by atoms with Crippen LogP contribution in [0.5, 0.6) is 0 Å². The average molecular weight is 261 g/mol. The third-order valence-electron chi connectivity index (χ3n) is 2.94. The van der Waals surface area contributed by atoms with E-state index in [1.165, 1.54) is 24.5 Å². The van der Waals surface area contributed by atoms with Crippen LogP contribution in [0.3, 0.4) is 0 Å². The molecule has 0 spiro atoms. The second-order valence-corrected chi connectivity index (χ2v) is 5.69. The van der Waals surface area contributed by atoms with E-state index in [9.17, 15) is 4.79 Å². The highest BCUT2D eigenvalue weighted by atomic mass is 32.2. The number of hydrogen-bond acceptors (Lipinski definition) is 4. The monoisotopic (exact) mass is 261 g/mol. The molecule has 0 aromatic carbocycles. The van der Waals surface area contributed by atoms with Gasteiger partial charge < -0.3 is 14.7 Å². The van der Waals surface area contributed by atoms with Gasteiger partial charge in [0.05, 0.1) is 6.10 Å². The fraction of sp³-hybridized carbons (Fsp3) is 0.917. The summed E-state index contributed by atoms with van der Waals surface area (Å²) in [5.74, 6) is 1.57. The van der Waals surface area contributed by atoms with Crippen LogP contribution in [0.15, 0.2) is 0 Å². The molecule has 1 N–H and O–H groups in total. The van der Waals surface area contributed by atoms with Crippen molar-refractivity contribution in [1.29, 1.82) is 0 Å². The number of nitrogens with zero attached hydrogens (tertiary/aromatic N) is 1. The van der Waals surface area contributed by atoms with Crippen molar-refractivity contribution in [3.8, 4) is 0 Å². The molecule has 0 saturated carbocycles. The third kappa shape index (κ3) is 6.91. The molecule has 0 atom stereocenters. The Bertz CT molecular complexity index is 218. The van der Waals surface area contributed by atoms with Crippen molar-refractivity contribution in [1.82, 2.24) is 4.90 Å². The van der Waals surface area contributed by atoms with Crippen molar-refractivity contribution in [2.75, 3.05) is 37.7 Å². The Balaban J connectivity index is 2.03. The highest BCUT2D eigenvalue weighted by Crippen LogP contribution is 2.14. The number of aliphatic carboxylic acids is 1. The van der Waals surface area contributed by atoms with E-state index >= 15 is 0 Å². The van der Waals surface area contributed by atoms with E-state index in [1.54, 1.807) is 0 Å². The standard InChI is InChI=1S/C12H23NO3S/c1-2-17-9-3-6-13-7-4-11(5-8-13)16-10-12(14)15/h11H,2-10H2,1H3,(H,14,15). The summed E-state index contributed by atoms with van der Waals surface area (Å²) in [6.45, 7) is 5.29. The van der Waals surface area contributed by atoms with Gasteiger partial charge in [0.15, 0.2) is 0 Å². The van der Waals surface area contributed by atoms with Gasteiger partial charge in [0, 0.05) is 13.1 Å². The van der Waals surface area contributed by atoms with Gasteiger partial charge in [-0.25, -0.2) is 4.79 Å². The summed E-state index contributed by atoms with van der Waals surface area (Å²) in [7, 11) is 0. The molecule has 1 aliphatic rings. The topological polar surface area (TPSA) is 49.8 Å². The summed E-state index contributed by atoms with van der Waals surface area (Å²) in [6, 6.07) is 0. The fourth-order valence-electron chi connectivity index (χ4n) is 2.02. The van der Waals surface area contributed by atoms with Crippen LogP contribution in [0.2, 0.25) is 0 Å². The van der Waals surface area contributed by atoms with Crippen LogP contribution in [0.1, 0.15) is 26.2 Å². The summed E-state index contributed by atoms with van der Waals surface area (Å²) in [6.07, 6.45) is 3.33. The molecule has 1 fully saturated rings. The number of carboxylic acids is 1. The fourth-order valence-corrected chi connectivity index (χ4v) is 2.65. The first-order valence-electron chi connectivity index (χ1n) is 6.36. The highest BCUT2D eigenvalue weighted by molar-refractivity contribution is 7.99. The molecule has 1 rings (SSSR count). The van der Waals surface area contributed by atoms with Crippen molar-refractivity contribution in [3.05, 3.63) is 0 Å². The van der Waals surface area contributed by atoms with Crippen molar-refractivity contribution >= 4 is 17.7 Å². The predicted molar refractivity (Wildman–Crippen MR) is 70.7 cm³/mol. The first kappa shape index (κ1) is 14.8. The van der Waals surface area contributed by atoms with Crippen LogP contribution in [0.4, 0.5) is 0 Å². The number of carbonyl (C=O) groups is 1. The van der Waals surface area contributed by atoms with Gasteiger partial charge in [-0.15, -0.1) is 0 Å². The number of thioether (sulfide) groups is 1. The van der Waals surface area contributed by atoms with E-state index in [0.29, 0.717) is 0 Å². The van der Waals surface area contributed by atoms with Crippen LogP contribution < -0.4 is 0 Å². The molecule has 0 aliphatic carbocycles. The van der Waals surface area contributed by atoms with E-state index in [0.717, 1.165) is 25.9 Å². The second kappa shape index (κ2) is 8.78. The lowest BCUT2D eigenvalue weighted by atomic mass is 10.1. The lowest BCUT2D eigenvalue weighted by molar-refractivity contribution is -0.145. The normalized spacial score (nSPS) is 18.4. The summed E-state index contributed by atoms with van der Waals surface area (Å²) in [4.78, 5) is 12.8. The van der Waals surface area contributed by atoms with Gasteiger partial charge in [-0.1, -0.05) is 6.92 Å². The molecule has 1 aliphatic heterocycles. The van der Waals surface area contributed by atoms with Crippen molar-refractivity contribution in [2.24, 2.45) is 0 Å². The maximum Gasteiger partial charge on any atom is 0.329 e. The van der Waals surface area contributed by atoms with Crippen LogP contribution in [-0.2, 0) is 9.53 Å². The van der Waals surface area contributed by atoms with Gasteiger partial charge in [0.2, 0.25) is 0 Å². The van der Waals surface area contributed by atoms with E-state index < -0.39 is 5.97 Å². The summed E-state index contributed by atoms with van der Waals surface area (Å²) >= 11 is 1.99. The zero-order valence-electron chi connectivity index (χ0n) is 10.6. The molecule has 0 aromatic rings. The van der Waals surface area contributed by atoms with Crippen molar-refractivity contribution < 1.29 is 14.6 Å². The Hall–Kier alpha value is -0.260. The van der Waals surface area contributed by atoms with E-state index in [2.05, 4.69) is 11.8 Å². The van der Waals surface area contributed by atoms with Crippen molar-refractivity contribution in [2.45, 2.75) is 32.3 Å². The minimum atomic E-state index is -0.871. The molecular weight excluding hydrogens is 238 g/mol. The number of ether oxygens (including phenoxy) is 1. The molecule has 1 heterocycles. The average Bonchev–Trinajstić information content (AvgIpc) is 2.33. The Morgan fingerprint density at radius 3 is 2.76 bits per heavy atom. The minimum absolute atomic E-state index is 0.146. The SMILES string of the molecule is CCSCCCN1CCC(OCC(=O)O)CC1. The Morgan fingerprint density at radius 1 is 1.47 bits per heavy atom. The van der Waals surface area contributed by atoms with Gasteiger partial charge >= 0.3 is 5.97 Å². The quantitative estimate of drug-likeness (QED) is 0.674. The van der Waals surface area contributed by atoms with Crippen LogP contribution in [0.25, 0.3) is 0 Å².